The van der Waals surface area contributed by atoms with Gasteiger partial charge in [0.05, 0.1) is 18.9 Å². The summed E-state index contributed by atoms with van der Waals surface area (Å²) in [7, 11) is 0. The van der Waals surface area contributed by atoms with Gasteiger partial charge in [-0.3, -0.25) is 0 Å². The van der Waals surface area contributed by atoms with Crippen LogP contribution in [0.4, 0.5) is 10.9 Å². The number of fused-ring (bicyclic) bond motifs is 1. The Labute approximate surface area is 179 Å². The van der Waals surface area contributed by atoms with Gasteiger partial charge in [-0.15, -0.1) is 23.1 Å². The Balaban J connectivity index is 1.65. The van der Waals surface area contributed by atoms with E-state index >= 15 is 0 Å². The minimum absolute atomic E-state index is 0.0506. The third-order valence-corrected chi connectivity index (χ3v) is 5.66. The summed E-state index contributed by atoms with van der Waals surface area (Å²) in [5, 5.41) is 37.3. The van der Waals surface area contributed by atoms with Crippen LogP contribution in [0.15, 0.2) is 47.2 Å². The summed E-state index contributed by atoms with van der Waals surface area (Å²) in [5.41, 5.74) is 0.926. The molecule has 1 unspecified atom stereocenters. The number of aliphatic hydroxyl groups is 3. The summed E-state index contributed by atoms with van der Waals surface area (Å²) in [6.45, 7) is -0.357. The van der Waals surface area contributed by atoms with Crippen LogP contribution in [-0.4, -0.2) is 58.9 Å². The highest BCUT2D eigenvalue weighted by Gasteiger charge is 2.15. The van der Waals surface area contributed by atoms with Crippen LogP contribution in [0, 0.1) is 0 Å². The Bertz CT molecular complexity index is 1130. The number of thioether (sulfide) groups is 1. The quantitative estimate of drug-likeness (QED) is 0.283. The molecule has 156 valence electrons. The zero-order valence-electron chi connectivity index (χ0n) is 15.5. The van der Waals surface area contributed by atoms with Gasteiger partial charge in [-0.1, -0.05) is 0 Å². The average molecular weight is 447 g/mol. The van der Waals surface area contributed by atoms with E-state index in [9.17, 15) is 5.11 Å². The van der Waals surface area contributed by atoms with Crippen LogP contribution in [0.1, 0.15) is 11.8 Å². The SMILES string of the molecule is OCCSc1cnc(Nc2nc(C(O)CO)cs2)c(Oc2cccn3ncnc23)c1. The number of ether oxygens (including phenoxy) is 1. The molecule has 30 heavy (non-hydrogen) atoms. The minimum atomic E-state index is -1.04. The van der Waals surface area contributed by atoms with Gasteiger partial charge >= 0.3 is 0 Å². The molecule has 0 radical (unpaired) electrons. The van der Waals surface area contributed by atoms with Gasteiger partial charge in [0.1, 0.15) is 12.4 Å². The van der Waals surface area contributed by atoms with Gasteiger partial charge in [-0.2, -0.15) is 5.10 Å². The van der Waals surface area contributed by atoms with Gasteiger partial charge in [-0.05, 0) is 18.2 Å². The molecule has 0 fully saturated rings. The van der Waals surface area contributed by atoms with E-state index in [4.69, 9.17) is 14.9 Å². The normalized spacial score (nSPS) is 12.2. The zero-order chi connectivity index (χ0) is 20.9. The molecule has 4 N–H and O–H groups in total. The molecule has 4 heterocycles. The van der Waals surface area contributed by atoms with E-state index in [0.29, 0.717) is 39.5 Å². The maximum Gasteiger partial charge on any atom is 0.198 e. The molecular weight excluding hydrogens is 428 g/mol. The summed E-state index contributed by atoms with van der Waals surface area (Å²) < 4.78 is 7.71. The molecule has 0 aliphatic rings. The second-order valence-electron chi connectivity index (χ2n) is 5.99. The van der Waals surface area contributed by atoms with Crippen molar-refractivity contribution in [2.45, 2.75) is 11.0 Å². The maximum atomic E-state index is 9.74. The van der Waals surface area contributed by atoms with E-state index in [1.807, 2.05) is 6.07 Å². The molecule has 0 amide bonds. The molecular formula is C18H18N6O4S2. The summed E-state index contributed by atoms with van der Waals surface area (Å²) in [6, 6.07) is 5.39. The van der Waals surface area contributed by atoms with Crippen molar-refractivity contribution in [3.05, 3.63) is 48.0 Å². The van der Waals surface area contributed by atoms with Crippen LogP contribution in [0.25, 0.3) is 5.65 Å². The number of hydrogen-bond donors (Lipinski definition) is 4. The summed E-state index contributed by atoms with van der Waals surface area (Å²) in [6.07, 6.45) is 3.84. The van der Waals surface area contributed by atoms with Crippen molar-refractivity contribution in [3.8, 4) is 11.5 Å². The van der Waals surface area contributed by atoms with Gasteiger partial charge in [0, 0.05) is 28.4 Å². The van der Waals surface area contributed by atoms with Gasteiger partial charge in [-0.25, -0.2) is 19.5 Å². The first kappa shape index (κ1) is 20.5. The highest BCUT2D eigenvalue weighted by molar-refractivity contribution is 7.99. The predicted molar refractivity (Wildman–Crippen MR) is 113 cm³/mol. The number of rotatable bonds is 9. The molecule has 1 atom stereocenters. The number of nitrogens with zero attached hydrogens (tertiary/aromatic N) is 5. The minimum Gasteiger partial charge on any atom is -0.449 e. The van der Waals surface area contributed by atoms with E-state index in [1.54, 1.807) is 34.4 Å². The average Bonchev–Trinajstić information content (AvgIpc) is 3.43. The fourth-order valence-electron chi connectivity index (χ4n) is 2.55. The molecule has 0 aliphatic carbocycles. The van der Waals surface area contributed by atoms with E-state index < -0.39 is 12.7 Å². The lowest BCUT2D eigenvalue weighted by Gasteiger charge is -2.12. The lowest BCUT2D eigenvalue weighted by molar-refractivity contribution is 0.0928. The van der Waals surface area contributed by atoms with E-state index in [-0.39, 0.29) is 6.61 Å². The topological polar surface area (TPSA) is 138 Å². The maximum absolute atomic E-state index is 9.74. The van der Waals surface area contributed by atoms with Crippen LogP contribution in [0.5, 0.6) is 11.5 Å². The van der Waals surface area contributed by atoms with Crippen LogP contribution in [-0.2, 0) is 0 Å². The number of anilines is 2. The van der Waals surface area contributed by atoms with Gasteiger partial charge in [0.15, 0.2) is 28.1 Å². The number of hydrogen-bond acceptors (Lipinski definition) is 11. The number of aromatic nitrogens is 5. The van der Waals surface area contributed by atoms with Crippen molar-refractivity contribution in [2.75, 3.05) is 24.3 Å². The third-order valence-electron chi connectivity index (χ3n) is 3.94. The second kappa shape index (κ2) is 9.36. The first-order chi connectivity index (χ1) is 14.7. The first-order valence-electron chi connectivity index (χ1n) is 8.89. The van der Waals surface area contributed by atoms with Crippen LogP contribution in [0.3, 0.4) is 0 Å². The summed E-state index contributed by atoms with van der Waals surface area (Å²) >= 11 is 2.72. The number of pyridine rings is 2. The van der Waals surface area contributed by atoms with Crippen molar-refractivity contribution in [1.29, 1.82) is 0 Å². The van der Waals surface area contributed by atoms with Gasteiger partial charge in [0.2, 0.25) is 0 Å². The molecule has 0 saturated carbocycles. The Morgan fingerprint density at radius 3 is 3.00 bits per heavy atom. The van der Waals surface area contributed by atoms with E-state index in [0.717, 1.165) is 4.90 Å². The highest BCUT2D eigenvalue weighted by Crippen LogP contribution is 2.35. The molecule has 0 bridgehead atoms. The van der Waals surface area contributed by atoms with E-state index in [1.165, 1.54) is 29.4 Å². The zero-order valence-corrected chi connectivity index (χ0v) is 17.2. The molecule has 0 saturated heterocycles. The molecule has 4 aromatic heterocycles. The third kappa shape index (κ3) is 4.52. The monoisotopic (exact) mass is 446 g/mol. The Hall–Kier alpha value is -2.77. The van der Waals surface area contributed by atoms with Crippen molar-refractivity contribution in [2.24, 2.45) is 0 Å². The molecule has 0 aliphatic heterocycles. The lowest BCUT2D eigenvalue weighted by atomic mass is 10.3. The fraction of sp³-hybridized carbons (Fsp3) is 0.222. The molecule has 0 spiro atoms. The number of thiazole rings is 1. The van der Waals surface area contributed by atoms with Crippen molar-refractivity contribution >= 4 is 39.7 Å². The standard InChI is InChI=1S/C18H18N6O4S2/c25-4-5-29-11-6-15(28-14-2-1-3-24-17(14)20-10-21-24)16(19-7-11)23-18-22-12(9-30-18)13(27)8-26/h1-3,6-7,9-10,13,25-27H,4-5,8H2,(H,19,22,23). The fourth-order valence-corrected chi connectivity index (χ4v) is 3.95. The Morgan fingerprint density at radius 1 is 1.27 bits per heavy atom. The van der Waals surface area contributed by atoms with Gasteiger partial charge in [0.25, 0.3) is 0 Å². The predicted octanol–water partition coefficient (Wildman–Crippen LogP) is 2.23. The second-order valence-corrected chi connectivity index (χ2v) is 8.02. The smallest absolute Gasteiger partial charge is 0.198 e. The van der Waals surface area contributed by atoms with E-state index in [2.05, 4.69) is 25.4 Å². The van der Waals surface area contributed by atoms with Crippen LogP contribution in [0.2, 0.25) is 0 Å². The van der Waals surface area contributed by atoms with Crippen molar-refractivity contribution in [1.82, 2.24) is 24.6 Å². The molecule has 4 aromatic rings. The van der Waals surface area contributed by atoms with Gasteiger partial charge < -0.3 is 25.4 Å². The van der Waals surface area contributed by atoms with Crippen LogP contribution >= 0.6 is 23.1 Å². The Kier molecular flexibility index (Phi) is 6.40. The molecule has 12 heteroatoms. The lowest BCUT2D eigenvalue weighted by Crippen LogP contribution is -2.03. The number of aliphatic hydroxyl groups excluding tert-OH is 3. The van der Waals surface area contributed by atoms with Crippen LogP contribution < -0.4 is 10.1 Å². The number of nitrogens with one attached hydrogen (secondary N) is 1. The first-order valence-corrected chi connectivity index (χ1v) is 10.8. The largest absolute Gasteiger partial charge is 0.449 e. The van der Waals surface area contributed by atoms with Crippen molar-refractivity contribution in [3.63, 3.8) is 0 Å². The molecule has 0 aromatic carbocycles. The Morgan fingerprint density at radius 2 is 2.17 bits per heavy atom. The summed E-state index contributed by atoms with van der Waals surface area (Å²) in [5.74, 6) is 1.89. The molecule has 4 rings (SSSR count). The highest BCUT2D eigenvalue weighted by atomic mass is 32.2. The van der Waals surface area contributed by atoms with Crippen molar-refractivity contribution < 1.29 is 20.1 Å². The molecule has 10 nitrogen and oxygen atoms in total. The summed E-state index contributed by atoms with van der Waals surface area (Å²) in [4.78, 5) is 13.8.